The number of rotatable bonds is 1. The maximum Gasteiger partial charge on any atom is 0.430 e. The predicted molar refractivity (Wildman–Crippen MR) is 71.2 cm³/mol. The quantitative estimate of drug-likeness (QED) is 0.858. The first kappa shape index (κ1) is 15.4. The van der Waals surface area contributed by atoms with Crippen LogP contribution in [-0.4, -0.2) is 23.4 Å². The summed E-state index contributed by atoms with van der Waals surface area (Å²) in [5.41, 5.74) is 0.0943. The molecule has 0 amide bonds. The third-order valence-electron chi connectivity index (χ3n) is 3.26. The Bertz CT molecular complexity index is 610. The average Bonchev–Trinajstić information content (AvgIpc) is 2.34. The minimum Gasteiger partial charge on any atom is -0.478 e. The first-order valence-electron chi connectivity index (χ1n) is 6.33. The smallest absolute Gasteiger partial charge is 0.430 e. The van der Waals surface area contributed by atoms with Crippen molar-refractivity contribution in [2.24, 2.45) is 0 Å². The molecule has 1 aromatic carbocycles. The highest BCUT2D eigenvalue weighted by Crippen LogP contribution is 2.39. The summed E-state index contributed by atoms with van der Waals surface area (Å²) in [6, 6.07) is 4.86. The van der Waals surface area contributed by atoms with Crippen molar-refractivity contribution in [3.05, 3.63) is 34.9 Å². The lowest BCUT2D eigenvalue weighted by molar-refractivity contribution is -0.187. The number of benzene rings is 1. The molecule has 0 fully saturated rings. The van der Waals surface area contributed by atoms with Gasteiger partial charge in [0.15, 0.2) is 0 Å². The van der Waals surface area contributed by atoms with Crippen LogP contribution in [0.15, 0.2) is 23.8 Å². The van der Waals surface area contributed by atoms with Crippen molar-refractivity contribution in [1.82, 2.24) is 0 Å². The van der Waals surface area contributed by atoms with Gasteiger partial charge in [-0.1, -0.05) is 32.9 Å². The summed E-state index contributed by atoms with van der Waals surface area (Å²) in [7, 11) is 0. The average molecular weight is 300 g/mol. The van der Waals surface area contributed by atoms with E-state index >= 15 is 0 Å². The van der Waals surface area contributed by atoms with E-state index in [1.807, 2.05) is 20.8 Å². The fourth-order valence-electron chi connectivity index (χ4n) is 2.07. The molecule has 0 unspecified atom stereocenters. The molecule has 0 spiro atoms. The van der Waals surface area contributed by atoms with Crippen LogP contribution >= 0.6 is 0 Å². The van der Waals surface area contributed by atoms with Gasteiger partial charge in [0.05, 0.1) is 5.57 Å². The van der Waals surface area contributed by atoms with Gasteiger partial charge in [-0.05, 0) is 23.1 Å². The molecule has 6 heteroatoms. The molecule has 0 saturated carbocycles. The van der Waals surface area contributed by atoms with Gasteiger partial charge in [-0.25, -0.2) is 4.79 Å². The maximum absolute atomic E-state index is 13.0. The second-order valence-corrected chi connectivity index (χ2v) is 5.95. The van der Waals surface area contributed by atoms with E-state index in [-0.39, 0.29) is 11.2 Å². The SMILES string of the molecule is CC(C)(C)c1ccc2c(c1)O[C@H](C(F)(F)F)C(C(=O)O)=C2. The van der Waals surface area contributed by atoms with Crippen molar-refractivity contribution in [2.45, 2.75) is 38.5 Å². The lowest BCUT2D eigenvalue weighted by Crippen LogP contribution is -2.40. The summed E-state index contributed by atoms with van der Waals surface area (Å²) in [6.45, 7) is 5.78. The molecular weight excluding hydrogens is 285 g/mol. The molecule has 21 heavy (non-hydrogen) atoms. The molecule has 3 nitrogen and oxygen atoms in total. The van der Waals surface area contributed by atoms with Crippen molar-refractivity contribution in [3.63, 3.8) is 0 Å². The van der Waals surface area contributed by atoms with E-state index in [1.165, 1.54) is 6.07 Å². The van der Waals surface area contributed by atoms with Gasteiger partial charge in [-0.3, -0.25) is 0 Å². The van der Waals surface area contributed by atoms with Crippen molar-refractivity contribution < 1.29 is 27.8 Å². The predicted octanol–water partition coefficient (Wildman–Crippen LogP) is 3.78. The first-order chi connectivity index (χ1) is 9.50. The Balaban J connectivity index is 2.53. The van der Waals surface area contributed by atoms with Crippen LogP contribution in [0.1, 0.15) is 31.9 Å². The Morgan fingerprint density at radius 3 is 2.33 bits per heavy atom. The normalized spacial score (nSPS) is 18.6. The number of fused-ring (bicyclic) bond motifs is 1. The van der Waals surface area contributed by atoms with Gasteiger partial charge < -0.3 is 9.84 Å². The fourth-order valence-corrected chi connectivity index (χ4v) is 2.07. The second-order valence-electron chi connectivity index (χ2n) is 5.95. The van der Waals surface area contributed by atoms with Gasteiger partial charge in [0.2, 0.25) is 6.10 Å². The first-order valence-corrected chi connectivity index (χ1v) is 6.33. The van der Waals surface area contributed by atoms with Gasteiger partial charge in [0.1, 0.15) is 5.75 Å². The molecule has 114 valence electrons. The van der Waals surface area contributed by atoms with Gasteiger partial charge in [0, 0.05) is 5.56 Å². The van der Waals surface area contributed by atoms with Crippen LogP contribution in [0.2, 0.25) is 0 Å². The van der Waals surface area contributed by atoms with E-state index in [0.29, 0.717) is 5.56 Å². The number of carboxylic acids is 1. The highest BCUT2D eigenvalue weighted by molar-refractivity contribution is 5.95. The van der Waals surface area contributed by atoms with Crippen LogP contribution in [0.25, 0.3) is 6.08 Å². The van der Waals surface area contributed by atoms with Crippen LogP contribution in [0.4, 0.5) is 13.2 Å². The number of halogens is 3. The monoisotopic (exact) mass is 300 g/mol. The molecule has 0 aromatic heterocycles. The van der Waals surface area contributed by atoms with Gasteiger partial charge in [-0.2, -0.15) is 13.2 Å². The van der Waals surface area contributed by atoms with Crippen molar-refractivity contribution in [3.8, 4) is 5.75 Å². The summed E-state index contributed by atoms with van der Waals surface area (Å²) < 4.78 is 43.8. The summed E-state index contributed by atoms with van der Waals surface area (Å²) >= 11 is 0. The third kappa shape index (κ3) is 3.04. The van der Waals surface area contributed by atoms with Gasteiger partial charge in [0.25, 0.3) is 0 Å². The Labute approximate surface area is 120 Å². The van der Waals surface area contributed by atoms with Gasteiger partial charge in [-0.15, -0.1) is 0 Å². The molecule has 1 N–H and O–H groups in total. The molecule has 0 radical (unpaired) electrons. The van der Waals surface area contributed by atoms with Crippen LogP contribution in [0.3, 0.4) is 0 Å². The molecule has 1 aromatic rings. The summed E-state index contributed by atoms with van der Waals surface area (Å²) in [6.07, 6.45) is -6.21. The molecule has 2 rings (SSSR count). The fraction of sp³-hybridized carbons (Fsp3) is 0.400. The zero-order valence-electron chi connectivity index (χ0n) is 11.8. The summed E-state index contributed by atoms with van der Waals surface area (Å²) in [5.74, 6) is -1.59. The van der Waals surface area contributed by atoms with Crippen molar-refractivity contribution >= 4 is 12.0 Å². The molecular formula is C15H15F3O3. The Kier molecular flexibility index (Phi) is 3.51. The van der Waals surface area contributed by atoms with Crippen LogP contribution in [0, 0.1) is 0 Å². The molecule has 1 atom stereocenters. The van der Waals surface area contributed by atoms with E-state index < -0.39 is 23.8 Å². The summed E-state index contributed by atoms with van der Waals surface area (Å²) in [4.78, 5) is 11.0. The van der Waals surface area contributed by atoms with E-state index in [9.17, 15) is 18.0 Å². The van der Waals surface area contributed by atoms with E-state index in [1.54, 1.807) is 12.1 Å². The lowest BCUT2D eigenvalue weighted by atomic mass is 9.86. The van der Waals surface area contributed by atoms with Crippen molar-refractivity contribution in [2.75, 3.05) is 0 Å². The number of ether oxygens (including phenoxy) is 1. The minimum atomic E-state index is -4.78. The molecule has 0 saturated heterocycles. The zero-order chi connectivity index (χ0) is 16.0. The number of carbonyl (C=O) groups is 1. The zero-order valence-corrected chi connectivity index (χ0v) is 11.8. The molecule has 1 heterocycles. The van der Waals surface area contributed by atoms with Crippen molar-refractivity contribution in [1.29, 1.82) is 0 Å². The molecule has 0 bridgehead atoms. The highest BCUT2D eigenvalue weighted by Gasteiger charge is 2.48. The van der Waals surface area contributed by atoms with E-state index in [0.717, 1.165) is 11.6 Å². The van der Waals surface area contributed by atoms with Crippen LogP contribution < -0.4 is 4.74 Å². The lowest BCUT2D eigenvalue weighted by Gasteiger charge is -2.28. The highest BCUT2D eigenvalue weighted by atomic mass is 19.4. The Morgan fingerprint density at radius 1 is 1.24 bits per heavy atom. The minimum absolute atomic E-state index is 0.0507. The van der Waals surface area contributed by atoms with E-state index in [2.05, 4.69) is 0 Å². The number of carboxylic acid groups (broad SMARTS) is 1. The largest absolute Gasteiger partial charge is 0.478 e. The van der Waals surface area contributed by atoms with Gasteiger partial charge >= 0.3 is 12.1 Å². The van der Waals surface area contributed by atoms with Crippen LogP contribution in [-0.2, 0) is 10.2 Å². The molecule has 0 aliphatic carbocycles. The summed E-state index contributed by atoms with van der Waals surface area (Å²) in [5, 5.41) is 8.93. The Morgan fingerprint density at radius 2 is 1.86 bits per heavy atom. The number of hydrogen-bond donors (Lipinski definition) is 1. The van der Waals surface area contributed by atoms with Crippen LogP contribution in [0.5, 0.6) is 5.75 Å². The Hall–Kier alpha value is -1.98. The standard InChI is InChI=1S/C15H15F3O3/c1-14(2,3)9-5-4-8-6-10(13(19)20)12(15(16,17)18)21-11(8)7-9/h4-7,12H,1-3H3,(H,19,20)/t12-/m0/s1. The van der Waals surface area contributed by atoms with E-state index in [4.69, 9.17) is 9.84 Å². The molecule has 1 aliphatic heterocycles. The number of alkyl halides is 3. The topological polar surface area (TPSA) is 46.5 Å². The number of aliphatic carboxylic acids is 1. The third-order valence-corrected chi connectivity index (χ3v) is 3.26. The second kappa shape index (κ2) is 4.79. The molecule has 1 aliphatic rings. The number of hydrogen-bond acceptors (Lipinski definition) is 2. The maximum atomic E-state index is 13.0.